The van der Waals surface area contributed by atoms with Gasteiger partial charge >= 0.3 is 0 Å². The Balaban J connectivity index is 1.39. The van der Waals surface area contributed by atoms with E-state index < -0.39 is 17.5 Å². The van der Waals surface area contributed by atoms with Crippen LogP contribution in [0.5, 0.6) is 0 Å². The first-order valence-electron chi connectivity index (χ1n) is 12.4. The fourth-order valence-electron chi connectivity index (χ4n) is 4.31. The van der Waals surface area contributed by atoms with Crippen molar-refractivity contribution in [3.8, 4) is 22.6 Å². The number of nitrogens with two attached hydrogens (primary N) is 1. The predicted molar refractivity (Wildman–Crippen MR) is 149 cm³/mol. The van der Waals surface area contributed by atoms with Gasteiger partial charge in [-0.1, -0.05) is 12.1 Å². The molecule has 1 aliphatic heterocycles. The minimum absolute atomic E-state index is 0.0582. The molecule has 0 atom stereocenters. The topological polar surface area (TPSA) is 102 Å². The van der Waals surface area contributed by atoms with E-state index in [0.717, 1.165) is 12.1 Å². The Labute approximate surface area is 231 Å². The first-order valence-corrected chi connectivity index (χ1v) is 13.2. The van der Waals surface area contributed by atoms with Crippen LogP contribution in [0, 0.1) is 17.5 Å². The third-order valence-electron chi connectivity index (χ3n) is 6.34. The minimum atomic E-state index is -0.741. The zero-order chi connectivity index (χ0) is 27.6. The van der Waals surface area contributed by atoms with Gasteiger partial charge in [0.05, 0.1) is 35.0 Å². The molecule has 3 aromatic heterocycles. The lowest BCUT2D eigenvalue weighted by molar-refractivity contribution is 0.122. The number of ether oxygens (including phenoxy) is 1. The van der Waals surface area contributed by atoms with Crippen molar-refractivity contribution >= 4 is 40.3 Å². The summed E-state index contributed by atoms with van der Waals surface area (Å²) in [4.78, 5) is 20.2. The Morgan fingerprint density at radius 2 is 1.65 bits per heavy atom. The normalized spacial score (nSPS) is 13.5. The van der Waals surface area contributed by atoms with E-state index in [-0.39, 0.29) is 16.1 Å². The molecule has 40 heavy (non-hydrogen) atoms. The van der Waals surface area contributed by atoms with Crippen molar-refractivity contribution in [1.29, 1.82) is 0 Å². The second-order valence-electron chi connectivity index (χ2n) is 8.93. The molecule has 0 unspecified atom stereocenters. The number of halogens is 3. The molecule has 202 valence electrons. The smallest absolute Gasteiger partial charge is 0.163 e. The number of pyridine rings is 2. The number of anilines is 3. The number of fused-ring (bicyclic) bond motifs is 1. The number of nitrogens with one attached hydrogen (secondary N) is 1. The van der Waals surface area contributed by atoms with Gasteiger partial charge in [0.2, 0.25) is 0 Å². The summed E-state index contributed by atoms with van der Waals surface area (Å²) >= 11 is 0.657. The summed E-state index contributed by atoms with van der Waals surface area (Å²) in [5.74, 6) is -0.643. The molecule has 1 saturated heterocycles. The van der Waals surface area contributed by atoms with Gasteiger partial charge in [-0.3, -0.25) is 0 Å². The van der Waals surface area contributed by atoms with Gasteiger partial charge in [0, 0.05) is 30.4 Å². The highest BCUT2D eigenvalue weighted by atomic mass is 32.2. The van der Waals surface area contributed by atoms with Crippen molar-refractivity contribution in [1.82, 2.24) is 19.9 Å². The number of benzene rings is 2. The van der Waals surface area contributed by atoms with Crippen LogP contribution in [0.3, 0.4) is 0 Å². The Morgan fingerprint density at radius 3 is 2.40 bits per heavy atom. The summed E-state index contributed by atoms with van der Waals surface area (Å²) in [5, 5.41) is 0. The molecule has 1 aliphatic rings. The summed E-state index contributed by atoms with van der Waals surface area (Å²) in [6.45, 7) is 2.28. The van der Waals surface area contributed by atoms with Crippen molar-refractivity contribution in [2.45, 2.75) is 4.90 Å². The molecule has 6 rings (SSSR count). The molecular weight excluding hydrogens is 539 g/mol. The van der Waals surface area contributed by atoms with E-state index in [1.807, 2.05) is 0 Å². The third kappa shape index (κ3) is 5.10. The van der Waals surface area contributed by atoms with Crippen LogP contribution in [0.25, 0.3) is 33.7 Å². The second-order valence-corrected chi connectivity index (χ2v) is 9.74. The van der Waals surface area contributed by atoms with Gasteiger partial charge in [-0.15, -0.1) is 0 Å². The number of aromatic nitrogens is 4. The van der Waals surface area contributed by atoms with E-state index >= 15 is 4.39 Å². The molecule has 0 spiro atoms. The molecule has 3 N–H and O–H groups in total. The molecule has 0 aliphatic carbocycles. The van der Waals surface area contributed by atoms with E-state index in [1.165, 1.54) is 12.1 Å². The first-order chi connectivity index (χ1) is 19.5. The van der Waals surface area contributed by atoms with Crippen LogP contribution in [0.15, 0.2) is 71.8 Å². The van der Waals surface area contributed by atoms with Gasteiger partial charge in [-0.25, -0.2) is 33.1 Å². The average Bonchev–Trinajstić information content (AvgIpc) is 2.98. The fraction of sp³-hybridized carbons (Fsp3) is 0.143. The number of nitrogens with zero attached hydrogens (tertiary/aromatic N) is 5. The number of hydrogen-bond acceptors (Lipinski definition) is 9. The maximum absolute atomic E-state index is 15.7. The van der Waals surface area contributed by atoms with E-state index in [2.05, 4.69) is 14.6 Å². The van der Waals surface area contributed by atoms with Gasteiger partial charge in [0.1, 0.15) is 23.0 Å². The van der Waals surface area contributed by atoms with E-state index in [4.69, 9.17) is 25.4 Å². The number of nitrogen functional groups attached to an aromatic ring is 1. The maximum Gasteiger partial charge on any atom is 0.163 e. The summed E-state index contributed by atoms with van der Waals surface area (Å²) in [6.07, 6.45) is 1.61. The van der Waals surface area contributed by atoms with E-state index in [1.54, 1.807) is 42.6 Å². The standard InChI is InChI=1S/C28H22F3N7OS/c29-18-4-2-5-19(30)26(18)40-37-21-6-1-3-17(24(21)31)20-8-9-22-25(34-20)28(38-11-13-39-14-12-38)36-27(35-22)16-7-10-23(32)33-15-16/h1-10,15,37H,11-14H2,(H2,32,33). The van der Waals surface area contributed by atoms with Crippen molar-refractivity contribution in [2.75, 3.05) is 41.7 Å². The average molecular weight is 562 g/mol. The Bertz CT molecular complexity index is 1680. The minimum Gasteiger partial charge on any atom is -0.384 e. The maximum atomic E-state index is 15.7. The molecule has 1 fully saturated rings. The molecule has 8 nitrogen and oxygen atoms in total. The van der Waals surface area contributed by atoms with Crippen LogP contribution in [0.1, 0.15) is 0 Å². The lowest BCUT2D eigenvalue weighted by atomic mass is 10.1. The second kappa shape index (κ2) is 11.0. The summed E-state index contributed by atoms with van der Waals surface area (Å²) in [6, 6.07) is 15.2. The highest BCUT2D eigenvalue weighted by Gasteiger charge is 2.21. The first kappa shape index (κ1) is 25.8. The summed E-state index contributed by atoms with van der Waals surface area (Å²) < 4.78 is 52.0. The summed E-state index contributed by atoms with van der Waals surface area (Å²) in [7, 11) is 0. The SMILES string of the molecule is Nc1ccc(-c2nc(N3CCOCC3)c3nc(-c4cccc(NSc5c(F)cccc5F)c4F)ccc3n2)cn1. The number of morpholine rings is 1. The van der Waals surface area contributed by atoms with Crippen molar-refractivity contribution in [3.05, 3.63) is 84.3 Å². The molecule has 0 saturated carbocycles. The molecule has 0 bridgehead atoms. The van der Waals surface area contributed by atoms with Crippen LogP contribution in [0.4, 0.5) is 30.5 Å². The zero-order valence-corrected chi connectivity index (χ0v) is 21.8. The van der Waals surface area contributed by atoms with Crippen LogP contribution < -0.4 is 15.4 Å². The van der Waals surface area contributed by atoms with Crippen LogP contribution in [-0.4, -0.2) is 46.2 Å². The third-order valence-corrected chi connectivity index (χ3v) is 7.25. The van der Waals surface area contributed by atoms with Crippen LogP contribution >= 0.6 is 11.9 Å². The van der Waals surface area contributed by atoms with Gasteiger partial charge in [0.15, 0.2) is 17.5 Å². The quantitative estimate of drug-likeness (QED) is 0.253. The Kier molecular flexibility index (Phi) is 7.10. The van der Waals surface area contributed by atoms with Crippen LogP contribution in [0.2, 0.25) is 0 Å². The zero-order valence-electron chi connectivity index (χ0n) is 20.9. The molecule has 12 heteroatoms. The molecule has 0 amide bonds. The van der Waals surface area contributed by atoms with Crippen molar-refractivity contribution in [2.24, 2.45) is 0 Å². The van der Waals surface area contributed by atoms with Gasteiger partial charge in [-0.2, -0.15) is 0 Å². The largest absolute Gasteiger partial charge is 0.384 e. The molecular formula is C28H22F3N7OS. The molecule has 0 radical (unpaired) electrons. The molecule has 4 heterocycles. The van der Waals surface area contributed by atoms with Crippen LogP contribution in [-0.2, 0) is 4.74 Å². The molecule has 5 aromatic rings. The highest BCUT2D eigenvalue weighted by Crippen LogP contribution is 2.34. The van der Waals surface area contributed by atoms with Gasteiger partial charge < -0.3 is 20.1 Å². The Hall–Kier alpha value is -4.42. The lowest BCUT2D eigenvalue weighted by Crippen LogP contribution is -2.37. The Morgan fingerprint density at radius 1 is 0.875 bits per heavy atom. The lowest BCUT2D eigenvalue weighted by Gasteiger charge is -2.28. The van der Waals surface area contributed by atoms with Crippen molar-refractivity contribution in [3.63, 3.8) is 0 Å². The highest BCUT2D eigenvalue weighted by molar-refractivity contribution is 8.00. The predicted octanol–water partition coefficient (Wildman–Crippen LogP) is 5.71. The van der Waals surface area contributed by atoms with Crippen molar-refractivity contribution < 1.29 is 17.9 Å². The van der Waals surface area contributed by atoms with E-state index in [0.29, 0.717) is 78.0 Å². The number of rotatable bonds is 6. The van der Waals surface area contributed by atoms with E-state index in [9.17, 15) is 8.78 Å². The van der Waals surface area contributed by atoms with Gasteiger partial charge in [-0.05, 0) is 60.5 Å². The fourth-order valence-corrected chi connectivity index (χ4v) is 5.01. The summed E-state index contributed by atoms with van der Waals surface area (Å²) in [5.41, 5.74) is 8.15. The van der Waals surface area contributed by atoms with Gasteiger partial charge in [0.25, 0.3) is 0 Å². The monoisotopic (exact) mass is 561 g/mol. The molecule has 2 aromatic carbocycles. The number of hydrogen-bond donors (Lipinski definition) is 2.